The Kier molecular flexibility index (Phi) is 4.00. The molecule has 1 N–H and O–H groups in total. The molecule has 0 aliphatic heterocycles. The maximum absolute atomic E-state index is 4.50. The number of fused-ring (bicyclic) bond motifs is 1. The van der Waals surface area contributed by atoms with E-state index in [1.807, 2.05) is 0 Å². The monoisotopic (exact) mass is 259 g/mol. The standard InChI is InChI=1S/C16H25N3/c1-12-6-5-7-13(12)10-17-16-14-8-3-2-4-9-15(14)18-11-19-16/h11-13H,2-10H2,1H3,(H,17,18,19). The van der Waals surface area contributed by atoms with Crippen LogP contribution in [0.5, 0.6) is 0 Å². The van der Waals surface area contributed by atoms with Crippen LogP contribution in [0, 0.1) is 11.8 Å². The highest BCUT2D eigenvalue weighted by molar-refractivity contribution is 5.46. The minimum Gasteiger partial charge on any atom is -0.369 e. The summed E-state index contributed by atoms with van der Waals surface area (Å²) in [6, 6.07) is 0. The minimum absolute atomic E-state index is 0.830. The van der Waals surface area contributed by atoms with Crippen LogP contribution >= 0.6 is 0 Å². The van der Waals surface area contributed by atoms with Gasteiger partial charge in [-0.05, 0) is 43.9 Å². The molecule has 2 unspecified atom stereocenters. The molecule has 19 heavy (non-hydrogen) atoms. The molecular weight excluding hydrogens is 234 g/mol. The van der Waals surface area contributed by atoms with Crippen LogP contribution in [0.3, 0.4) is 0 Å². The Morgan fingerprint density at radius 1 is 1.11 bits per heavy atom. The van der Waals surface area contributed by atoms with Crippen molar-refractivity contribution in [1.82, 2.24) is 9.97 Å². The number of nitrogens with zero attached hydrogens (tertiary/aromatic N) is 2. The van der Waals surface area contributed by atoms with Crippen LogP contribution in [0.1, 0.15) is 56.7 Å². The number of nitrogens with one attached hydrogen (secondary N) is 1. The first kappa shape index (κ1) is 12.9. The summed E-state index contributed by atoms with van der Waals surface area (Å²) in [5.74, 6) is 2.82. The van der Waals surface area contributed by atoms with E-state index in [2.05, 4.69) is 22.2 Å². The fourth-order valence-corrected chi connectivity index (χ4v) is 3.60. The number of hydrogen-bond acceptors (Lipinski definition) is 3. The van der Waals surface area contributed by atoms with E-state index in [0.29, 0.717) is 0 Å². The summed E-state index contributed by atoms with van der Waals surface area (Å²) in [5, 5.41) is 3.62. The average molecular weight is 259 g/mol. The third-order valence-electron chi connectivity index (χ3n) is 4.95. The normalized spacial score (nSPS) is 26.8. The van der Waals surface area contributed by atoms with E-state index >= 15 is 0 Å². The van der Waals surface area contributed by atoms with Gasteiger partial charge in [0.2, 0.25) is 0 Å². The Morgan fingerprint density at radius 3 is 2.84 bits per heavy atom. The van der Waals surface area contributed by atoms with E-state index in [9.17, 15) is 0 Å². The van der Waals surface area contributed by atoms with E-state index in [4.69, 9.17) is 0 Å². The van der Waals surface area contributed by atoms with Gasteiger partial charge in [-0.15, -0.1) is 0 Å². The molecule has 0 aromatic carbocycles. The second kappa shape index (κ2) is 5.89. The Labute approximate surface area is 116 Å². The smallest absolute Gasteiger partial charge is 0.132 e. The average Bonchev–Trinajstić information content (AvgIpc) is 2.69. The predicted molar refractivity (Wildman–Crippen MR) is 78.3 cm³/mol. The van der Waals surface area contributed by atoms with Gasteiger partial charge in [0, 0.05) is 17.8 Å². The van der Waals surface area contributed by atoms with Crippen molar-refractivity contribution in [2.75, 3.05) is 11.9 Å². The minimum atomic E-state index is 0.830. The van der Waals surface area contributed by atoms with Gasteiger partial charge in [-0.25, -0.2) is 9.97 Å². The maximum atomic E-state index is 4.50. The fraction of sp³-hybridized carbons (Fsp3) is 0.750. The summed E-state index contributed by atoms with van der Waals surface area (Å²) in [4.78, 5) is 8.98. The lowest BCUT2D eigenvalue weighted by atomic mass is 9.98. The fourth-order valence-electron chi connectivity index (χ4n) is 3.60. The third kappa shape index (κ3) is 2.90. The topological polar surface area (TPSA) is 37.8 Å². The highest BCUT2D eigenvalue weighted by Crippen LogP contribution is 2.32. The molecule has 3 rings (SSSR count). The number of rotatable bonds is 3. The molecule has 104 valence electrons. The van der Waals surface area contributed by atoms with Crippen LogP contribution in [0.4, 0.5) is 5.82 Å². The van der Waals surface area contributed by atoms with E-state index in [1.54, 1.807) is 6.33 Å². The molecule has 1 aromatic heterocycles. The van der Waals surface area contributed by atoms with Crippen molar-refractivity contribution in [2.24, 2.45) is 11.8 Å². The SMILES string of the molecule is CC1CCCC1CNc1ncnc2c1CCCCC2. The molecule has 0 amide bonds. The molecule has 3 heteroatoms. The first-order chi connectivity index (χ1) is 9.34. The van der Waals surface area contributed by atoms with E-state index in [-0.39, 0.29) is 0 Å². The van der Waals surface area contributed by atoms with Gasteiger partial charge >= 0.3 is 0 Å². The molecule has 0 saturated heterocycles. The highest BCUT2D eigenvalue weighted by atomic mass is 15.0. The highest BCUT2D eigenvalue weighted by Gasteiger charge is 2.23. The zero-order valence-electron chi connectivity index (χ0n) is 12.0. The second-order valence-corrected chi connectivity index (χ2v) is 6.26. The molecule has 2 aliphatic carbocycles. The first-order valence-corrected chi connectivity index (χ1v) is 7.91. The van der Waals surface area contributed by atoms with Gasteiger partial charge in [-0.1, -0.05) is 26.2 Å². The molecule has 1 saturated carbocycles. The second-order valence-electron chi connectivity index (χ2n) is 6.26. The van der Waals surface area contributed by atoms with E-state index in [1.165, 1.54) is 49.8 Å². The molecule has 1 heterocycles. The molecule has 0 spiro atoms. The van der Waals surface area contributed by atoms with Crippen LogP contribution < -0.4 is 5.32 Å². The largest absolute Gasteiger partial charge is 0.369 e. The van der Waals surface area contributed by atoms with Crippen LogP contribution in [0.25, 0.3) is 0 Å². The van der Waals surface area contributed by atoms with Gasteiger partial charge in [0.1, 0.15) is 12.1 Å². The first-order valence-electron chi connectivity index (χ1n) is 7.91. The van der Waals surface area contributed by atoms with Gasteiger partial charge in [-0.3, -0.25) is 0 Å². The van der Waals surface area contributed by atoms with Gasteiger partial charge in [0.25, 0.3) is 0 Å². The maximum Gasteiger partial charge on any atom is 0.132 e. The van der Waals surface area contributed by atoms with Crippen molar-refractivity contribution in [1.29, 1.82) is 0 Å². The lowest BCUT2D eigenvalue weighted by Crippen LogP contribution is -2.18. The molecule has 1 fully saturated rings. The summed E-state index contributed by atoms with van der Waals surface area (Å²) < 4.78 is 0. The van der Waals surface area contributed by atoms with Gasteiger partial charge in [0.05, 0.1) is 0 Å². The molecule has 2 atom stereocenters. The summed E-state index contributed by atoms with van der Waals surface area (Å²) in [6.45, 7) is 3.48. The third-order valence-corrected chi connectivity index (χ3v) is 4.95. The van der Waals surface area contributed by atoms with E-state index < -0.39 is 0 Å². The zero-order chi connectivity index (χ0) is 13.1. The Balaban J connectivity index is 1.70. The van der Waals surface area contributed by atoms with Crippen LogP contribution in [-0.4, -0.2) is 16.5 Å². The van der Waals surface area contributed by atoms with Crippen molar-refractivity contribution < 1.29 is 0 Å². The summed E-state index contributed by atoms with van der Waals surface area (Å²) >= 11 is 0. The predicted octanol–water partition coefficient (Wildman–Crippen LogP) is 3.59. The summed E-state index contributed by atoms with van der Waals surface area (Å²) in [7, 11) is 0. The molecule has 3 nitrogen and oxygen atoms in total. The molecule has 2 aliphatic rings. The number of aromatic nitrogens is 2. The molecule has 0 radical (unpaired) electrons. The Bertz CT molecular complexity index is 430. The van der Waals surface area contributed by atoms with Crippen molar-refractivity contribution in [3.05, 3.63) is 17.6 Å². The van der Waals surface area contributed by atoms with Gasteiger partial charge < -0.3 is 5.32 Å². The van der Waals surface area contributed by atoms with E-state index in [0.717, 1.165) is 37.0 Å². The zero-order valence-corrected chi connectivity index (χ0v) is 12.0. The number of anilines is 1. The van der Waals surface area contributed by atoms with Crippen molar-refractivity contribution in [3.8, 4) is 0 Å². The number of aryl methyl sites for hydroxylation is 1. The van der Waals surface area contributed by atoms with Crippen molar-refractivity contribution in [2.45, 2.75) is 58.3 Å². The van der Waals surface area contributed by atoms with Crippen LogP contribution in [-0.2, 0) is 12.8 Å². The van der Waals surface area contributed by atoms with Gasteiger partial charge in [0.15, 0.2) is 0 Å². The quantitative estimate of drug-likeness (QED) is 0.843. The molecular formula is C16H25N3. The lowest BCUT2D eigenvalue weighted by molar-refractivity contribution is 0.439. The van der Waals surface area contributed by atoms with Crippen molar-refractivity contribution >= 4 is 5.82 Å². The number of hydrogen-bond donors (Lipinski definition) is 1. The van der Waals surface area contributed by atoms with Crippen LogP contribution in [0.2, 0.25) is 0 Å². The van der Waals surface area contributed by atoms with Crippen LogP contribution in [0.15, 0.2) is 6.33 Å². The summed E-state index contributed by atoms with van der Waals surface area (Å²) in [5.41, 5.74) is 2.68. The summed E-state index contributed by atoms with van der Waals surface area (Å²) in [6.07, 6.45) is 12.1. The molecule has 1 aromatic rings. The lowest BCUT2D eigenvalue weighted by Gasteiger charge is -2.18. The van der Waals surface area contributed by atoms with Crippen molar-refractivity contribution in [3.63, 3.8) is 0 Å². The Hall–Kier alpha value is -1.12. The van der Waals surface area contributed by atoms with Gasteiger partial charge in [-0.2, -0.15) is 0 Å². The Morgan fingerprint density at radius 2 is 2.00 bits per heavy atom. The molecule has 0 bridgehead atoms.